The summed E-state index contributed by atoms with van der Waals surface area (Å²) in [4.78, 5) is 6.46. The standard InChI is InChI=1S/C14H26N4O/c1-14(2)8-11(6-7-19-14)15-9-12-10-16-13(17(3)4)18(12)5/h10-11,15H,6-9H2,1-5H3. The Balaban J connectivity index is 1.92. The highest BCUT2D eigenvalue weighted by Crippen LogP contribution is 2.24. The zero-order chi connectivity index (χ0) is 14.0. The molecule has 0 amide bonds. The van der Waals surface area contributed by atoms with Crippen molar-refractivity contribution < 1.29 is 4.74 Å². The fraction of sp³-hybridized carbons (Fsp3) is 0.786. The third kappa shape index (κ3) is 3.48. The number of ether oxygens (including phenoxy) is 1. The lowest BCUT2D eigenvalue weighted by molar-refractivity contribution is -0.0631. The molecule has 19 heavy (non-hydrogen) atoms. The predicted octanol–water partition coefficient (Wildman–Crippen LogP) is 1.53. The molecule has 2 heterocycles. The first kappa shape index (κ1) is 14.3. The lowest BCUT2D eigenvalue weighted by Crippen LogP contribution is -2.43. The second kappa shape index (κ2) is 5.51. The van der Waals surface area contributed by atoms with Crippen LogP contribution in [0.5, 0.6) is 0 Å². The van der Waals surface area contributed by atoms with Gasteiger partial charge in [-0.15, -0.1) is 0 Å². The molecule has 1 saturated heterocycles. The number of nitrogens with zero attached hydrogens (tertiary/aromatic N) is 3. The van der Waals surface area contributed by atoms with Gasteiger partial charge in [0.25, 0.3) is 0 Å². The lowest BCUT2D eigenvalue weighted by Gasteiger charge is -2.36. The van der Waals surface area contributed by atoms with E-state index in [-0.39, 0.29) is 5.60 Å². The fourth-order valence-corrected chi connectivity index (χ4v) is 2.67. The summed E-state index contributed by atoms with van der Waals surface area (Å²) >= 11 is 0. The Labute approximate surface area is 116 Å². The zero-order valence-electron chi connectivity index (χ0n) is 12.7. The van der Waals surface area contributed by atoms with Gasteiger partial charge < -0.3 is 19.5 Å². The molecule has 108 valence electrons. The van der Waals surface area contributed by atoms with Crippen LogP contribution in [-0.2, 0) is 18.3 Å². The third-order valence-electron chi connectivity index (χ3n) is 3.73. The van der Waals surface area contributed by atoms with Crippen LogP contribution in [0.4, 0.5) is 5.95 Å². The van der Waals surface area contributed by atoms with Gasteiger partial charge in [-0.25, -0.2) is 4.98 Å². The quantitative estimate of drug-likeness (QED) is 0.897. The summed E-state index contributed by atoms with van der Waals surface area (Å²) in [5, 5.41) is 3.63. The zero-order valence-corrected chi connectivity index (χ0v) is 12.7. The number of aromatic nitrogens is 2. The molecule has 1 N–H and O–H groups in total. The fourth-order valence-electron chi connectivity index (χ4n) is 2.67. The monoisotopic (exact) mass is 266 g/mol. The highest BCUT2D eigenvalue weighted by molar-refractivity contribution is 5.30. The summed E-state index contributed by atoms with van der Waals surface area (Å²) < 4.78 is 7.88. The van der Waals surface area contributed by atoms with Crippen molar-refractivity contribution in [3.05, 3.63) is 11.9 Å². The van der Waals surface area contributed by atoms with E-state index in [4.69, 9.17) is 4.74 Å². The molecule has 0 radical (unpaired) electrons. The molecule has 1 aliphatic rings. The van der Waals surface area contributed by atoms with E-state index in [0.717, 1.165) is 31.9 Å². The summed E-state index contributed by atoms with van der Waals surface area (Å²) in [6, 6.07) is 0.529. The Morgan fingerprint density at radius 3 is 2.84 bits per heavy atom. The van der Waals surface area contributed by atoms with Crippen molar-refractivity contribution in [3.8, 4) is 0 Å². The van der Waals surface area contributed by atoms with Gasteiger partial charge in [0, 0.05) is 40.3 Å². The van der Waals surface area contributed by atoms with Crippen molar-refractivity contribution in [2.24, 2.45) is 7.05 Å². The van der Waals surface area contributed by atoms with Crippen LogP contribution >= 0.6 is 0 Å². The van der Waals surface area contributed by atoms with Crippen molar-refractivity contribution in [2.75, 3.05) is 25.6 Å². The highest BCUT2D eigenvalue weighted by atomic mass is 16.5. The van der Waals surface area contributed by atoms with E-state index in [1.807, 2.05) is 25.2 Å². The molecule has 0 bridgehead atoms. The van der Waals surface area contributed by atoms with Crippen molar-refractivity contribution in [1.29, 1.82) is 0 Å². The number of imidazole rings is 1. The maximum absolute atomic E-state index is 5.74. The number of hydrogen-bond donors (Lipinski definition) is 1. The first-order valence-electron chi connectivity index (χ1n) is 6.94. The number of anilines is 1. The van der Waals surface area contributed by atoms with E-state index < -0.39 is 0 Å². The summed E-state index contributed by atoms with van der Waals surface area (Å²) in [5.41, 5.74) is 1.21. The molecular weight excluding hydrogens is 240 g/mol. The van der Waals surface area contributed by atoms with Gasteiger partial charge in [0.1, 0.15) is 0 Å². The highest BCUT2D eigenvalue weighted by Gasteiger charge is 2.28. The molecule has 1 fully saturated rings. The molecular formula is C14H26N4O. The van der Waals surface area contributed by atoms with Crippen molar-refractivity contribution in [2.45, 2.75) is 44.9 Å². The Morgan fingerprint density at radius 1 is 1.53 bits per heavy atom. The molecule has 1 aromatic rings. The molecule has 1 aliphatic heterocycles. The molecule has 5 heteroatoms. The predicted molar refractivity (Wildman–Crippen MR) is 77.4 cm³/mol. The Kier molecular flexibility index (Phi) is 4.16. The van der Waals surface area contributed by atoms with Gasteiger partial charge in [-0.3, -0.25) is 0 Å². The molecule has 5 nitrogen and oxygen atoms in total. The van der Waals surface area contributed by atoms with Crippen LogP contribution in [0.15, 0.2) is 6.20 Å². The van der Waals surface area contributed by atoms with Gasteiger partial charge >= 0.3 is 0 Å². The Bertz CT molecular complexity index is 425. The average molecular weight is 266 g/mol. The van der Waals surface area contributed by atoms with Crippen LogP contribution in [0.1, 0.15) is 32.4 Å². The van der Waals surface area contributed by atoms with Gasteiger partial charge in [-0.1, -0.05) is 0 Å². The second-order valence-electron chi connectivity index (χ2n) is 6.18. The molecule has 2 rings (SSSR count). The lowest BCUT2D eigenvalue weighted by atomic mass is 9.94. The molecule has 0 saturated carbocycles. The smallest absolute Gasteiger partial charge is 0.204 e. The Hall–Kier alpha value is -1.07. The second-order valence-corrected chi connectivity index (χ2v) is 6.18. The van der Waals surface area contributed by atoms with Gasteiger partial charge in [-0.05, 0) is 26.7 Å². The molecule has 0 aromatic carbocycles. The van der Waals surface area contributed by atoms with E-state index in [9.17, 15) is 0 Å². The number of hydrogen-bond acceptors (Lipinski definition) is 4. The molecule has 0 spiro atoms. The summed E-state index contributed by atoms with van der Waals surface area (Å²) in [6.07, 6.45) is 4.10. The first-order chi connectivity index (χ1) is 8.89. The largest absolute Gasteiger partial charge is 0.375 e. The molecule has 1 unspecified atom stereocenters. The van der Waals surface area contributed by atoms with Crippen LogP contribution < -0.4 is 10.2 Å². The SMILES string of the molecule is CN(C)c1ncc(CNC2CCOC(C)(C)C2)n1C. The maximum Gasteiger partial charge on any atom is 0.204 e. The van der Waals surface area contributed by atoms with Crippen LogP contribution in [0.2, 0.25) is 0 Å². The molecule has 1 atom stereocenters. The summed E-state index contributed by atoms with van der Waals surface area (Å²) in [6.45, 7) is 6.03. The van der Waals surface area contributed by atoms with E-state index in [1.165, 1.54) is 5.69 Å². The van der Waals surface area contributed by atoms with Crippen LogP contribution in [0, 0.1) is 0 Å². The molecule has 1 aromatic heterocycles. The first-order valence-corrected chi connectivity index (χ1v) is 6.94. The van der Waals surface area contributed by atoms with Crippen molar-refractivity contribution in [1.82, 2.24) is 14.9 Å². The third-order valence-corrected chi connectivity index (χ3v) is 3.73. The number of nitrogens with one attached hydrogen (secondary N) is 1. The molecule has 0 aliphatic carbocycles. The van der Waals surface area contributed by atoms with Crippen LogP contribution in [0.25, 0.3) is 0 Å². The summed E-state index contributed by atoms with van der Waals surface area (Å²) in [5.74, 6) is 0.990. The van der Waals surface area contributed by atoms with Gasteiger partial charge in [0.15, 0.2) is 0 Å². The van der Waals surface area contributed by atoms with E-state index in [1.54, 1.807) is 0 Å². The average Bonchev–Trinajstić information content (AvgIpc) is 2.67. The van der Waals surface area contributed by atoms with Crippen molar-refractivity contribution in [3.63, 3.8) is 0 Å². The van der Waals surface area contributed by atoms with Crippen molar-refractivity contribution >= 4 is 5.95 Å². The topological polar surface area (TPSA) is 42.3 Å². The van der Waals surface area contributed by atoms with Crippen LogP contribution in [0.3, 0.4) is 0 Å². The van der Waals surface area contributed by atoms with Gasteiger partial charge in [0.05, 0.1) is 17.5 Å². The Morgan fingerprint density at radius 2 is 2.26 bits per heavy atom. The van der Waals surface area contributed by atoms with E-state index in [0.29, 0.717) is 6.04 Å². The van der Waals surface area contributed by atoms with Gasteiger partial charge in [-0.2, -0.15) is 0 Å². The minimum atomic E-state index is -0.00281. The van der Waals surface area contributed by atoms with Gasteiger partial charge in [0.2, 0.25) is 5.95 Å². The minimum absolute atomic E-state index is 0.00281. The minimum Gasteiger partial charge on any atom is -0.375 e. The normalized spacial score (nSPS) is 22.5. The van der Waals surface area contributed by atoms with E-state index >= 15 is 0 Å². The maximum atomic E-state index is 5.74. The van der Waals surface area contributed by atoms with E-state index in [2.05, 4.69) is 35.8 Å². The number of rotatable bonds is 4. The summed E-state index contributed by atoms with van der Waals surface area (Å²) in [7, 11) is 6.09. The van der Waals surface area contributed by atoms with Crippen LogP contribution in [-0.4, -0.2) is 41.9 Å².